The van der Waals surface area contributed by atoms with Crippen LogP contribution in [-0.2, 0) is 9.59 Å². The van der Waals surface area contributed by atoms with Crippen LogP contribution in [0.25, 0.3) is 0 Å². The lowest BCUT2D eigenvalue weighted by Crippen LogP contribution is -2.45. The molecule has 0 unspecified atom stereocenters. The number of hydrogen-bond donors (Lipinski definition) is 0. The van der Waals surface area contributed by atoms with Crippen molar-refractivity contribution in [2.75, 3.05) is 0 Å². The Morgan fingerprint density at radius 3 is 1.50 bits per heavy atom. The lowest BCUT2D eigenvalue weighted by atomic mass is 9.64. The summed E-state index contributed by atoms with van der Waals surface area (Å²) in [5.41, 5.74) is 0. The van der Waals surface area contributed by atoms with Crippen LogP contribution < -0.4 is 0 Å². The minimum absolute atomic E-state index is 0.0839. The van der Waals surface area contributed by atoms with E-state index in [0.717, 1.165) is 12.8 Å². The fourth-order valence-electron chi connectivity index (χ4n) is 2.71. The van der Waals surface area contributed by atoms with Gasteiger partial charge in [-0.05, 0) is 47.9 Å². The third-order valence-electron chi connectivity index (χ3n) is 3.20. The smallest absolute Gasteiger partial charge is 0.225 e. The first-order valence-electron chi connectivity index (χ1n) is 4.01. The molecule has 0 aromatic carbocycles. The normalized spacial score (nSPS) is 43.8. The number of fused-ring (bicyclic) bond motifs is 1. The molecule has 0 heterocycles. The Hall–Kier alpha value is -0.0800. The average Bonchev–Trinajstić information content (AvgIpc) is 2.39. The summed E-state index contributed by atoms with van der Waals surface area (Å²) < 4.78 is 0. The molecule has 3 saturated carbocycles. The Balaban J connectivity index is 2.13. The summed E-state index contributed by atoms with van der Waals surface area (Å²) in [7, 11) is 0. The summed E-state index contributed by atoms with van der Waals surface area (Å²) in [5.74, 6) is 0.119. The van der Waals surface area contributed by atoms with E-state index in [0.29, 0.717) is 0 Å². The number of halogens is 2. The third kappa shape index (κ3) is 0.944. The maximum Gasteiger partial charge on any atom is 0.225 e. The molecule has 3 aliphatic rings. The second-order valence-corrected chi connectivity index (χ2v) is 4.31. The van der Waals surface area contributed by atoms with E-state index in [1.165, 1.54) is 0 Å². The highest BCUT2D eigenvalue weighted by Crippen LogP contribution is 2.59. The van der Waals surface area contributed by atoms with E-state index < -0.39 is 0 Å². The van der Waals surface area contributed by atoms with E-state index >= 15 is 0 Å². The van der Waals surface area contributed by atoms with E-state index in [1.54, 1.807) is 0 Å². The van der Waals surface area contributed by atoms with Gasteiger partial charge in [0.15, 0.2) is 0 Å². The first-order valence-corrected chi connectivity index (χ1v) is 4.77. The van der Waals surface area contributed by atoms with Crippen LogP contribution in [0.15, 0.2) is 0 Å². The zero-order valence-electron chi connectivity index (χ0n) is 6.30. The number of carbonyl (C=O) groups is 2. The first kappa shape index (κ1) is 8.52. The second kappa shape index (κ2) is 2.71. The van der Waals surface area contributed by atoms with E-state index in [9.17, 15) is 9.59 Å². The maximum absolute atomic E-state index is 10.9. The molecule has 0 radical (unpaired) electrons. The van der Waals surface area contributed by atoms with Gasteiger partial charge in [0, 0.05) is 11.8 Å². The monoisotopic (exact) mass is 206 g/mol. The molecule has 0 aromatic rings. The molecule has 4 heteroatoms. The Morgan fingerprint density at radius 2 is 1.25 bits per heavy atom. The molecule has 0 amide bonds. The SMILES string of the molecule is O=C(Cl)C1C2CCC1C2C(=O)Cl. The quantitative estimate of drug-likeness (QED) is 0.647. The van der Waals surface area contributed by atoms with Crippen LogP contribution in [0.2, 0.25) is 0 Å². The van der Waals surface area contributed by atoms with Gasteiger partial charge in [0.2, 0.25) is 10.5 Å². The van der Waals surface area contributed by atoms with Crippen LogP contribution in [0.4, 0.5) is 0 Å². The van der Waals surface area contributed by atoms with E-state index in [4.69, 9.17) is 23.2 Å². The average molecular weight is 207 g/mol. The summed E-state index contributed by atoms with van der Waals surface area (Å²) in [6.07, 6.45) is 1.86. The van der Waals surface area contributed by atoms with Crippen LogP contribution in [0.1, 0.15) is 12.8 Å². The van der Waals surface area contributed by atoms with Gasteiger partial charge in [-0.1, -0.05) is 0 Å². The van der Waals surface area contributed by atoms with Crippen molar-refractivity contribution in [1.82, 2.24) is 0 Å². The topological polar surface area (TPSA) is 34.1 Å². The molecule has 0 atom stereocenters. The highest BCUT2D eigenvalue weighted by molar-refractivity contribution is 6.65. The molecule has 12 heavy (non-hydrogen) atoms. The predicted molar refractivity (Wildman–Crippen MR) is 44.9 cm³/mol. The van der Waals surface area contributed by atoms with Crippen LogP contribution in [0.3, 0.4) is 0 Å². The van der Waals surface area contributed by atoms with Gasteiger partial charge in [-0.3, -0.25) is 9.59 Å². The van der Waals surface area contributed by atoms with E-state index in [-0.39, 0.29) is 34.2 Å². The Morgan fingerprint density at radius 1 is 0.917 bits per heavy atom. The molecular formula is C8H8Cl2O2. The molecule has 0 N–H and O–H groups in total. The van der Waals surface area contributed by atoms with Crippen LogP contribution >= 0.6 is 23.2 Å². The van der Waals surface area contributed by atoms with Gasteiger partial charge in [0.05, 0.1) is 0 Å². The molecule has 2 nitrogen and oxygen atoms in total. The van der Waals surface area contributed by atoms with Crippen molar-refractivity contribution in [3.63, 3.8) is 0 Å². The molecule has 0 saturated heterocycles. The number of hydrogen-bond acceptors (Lipinski definition) is 2. The highest BCUT2D eigenvalue weighted by Gasteiger charge is 2.60. The van der Waals surface area contributed by atoms with Crippen molar-refractivity contribution >= 4 is 33.7 Å². The minimum Gasteiger partial charge on any atom is -0.281 e. The summed E-state index contributed by atoms with van der Waals surface area (Å²) >= 11 is 10.8. The van der Waals surface area contributed by atoms with Gasteiger partial charge < -0.3 is 0 Å². The molecule has 3 aliphatic carbocycles. The van der Waals surface area contributed by atoms with E-state index in [1.807, 2.05) is 0 Å². The number of carbonyl (C=O) groups excluding carboxylic acids is 2. The van der Waals surface area contributed by atoms with Gasteiger partial charge >= 0.3 is 0 Å². The highest BCUT2D eigenvalue weighted by atomic mass is 35.5. The van der Waals surface area contributed by atoms with Gasteiger partial charge in [0.1, 0.15) is 0 Å². The van der Waals surface area contributed by atoms with Crippen LogP contribution in [0.5, 0.6) is 0 Å². The zero-order chi connectivity index (χ0) is 8.88. The fraction of sp³-hybridized carbons (Fsp3) is 0.750. The molecule has 3 fully saturated rings. The largest absolute Gasteiger partial charge is 0.281 e. The minimum atomic E-state index is -0.295. The lowest BCUT2D eigenvalue weighted by Gasteiger charge is -2.39. The zero-order valence-corrected chi connectivity index (χ0v) is 7.81. The third-order valence-corrected chi connectivity index (χ3v) is 3.71. The molecule has 2 bridgehead atoms. The maximum atomic E-state index is 10.9. The van der Waals surface area contributed by atoms with Gasteiger partial charge in [-0.2, -0.15) is 0 Å². The van der Waals surface area contributed by atoms with Crippen LogP contribution in [-0.4, -0.2) is 10.5 Å². The Bertz CT molecular complexity index is 217. The van der Waals surface area contributed by atoms with Crippen molar-refractivity contribution in [2.45, 2.75) is 12.8 Å². The second-order valence-electron chi connectivity index (χ2n) is 3.56. The molecular weight excluding hydrogens is 199 g/mol. The van der Waals surface area contributed by atoms with E-state index in [2.05, 4.69) is 0 Å². The van der Waals surface area contributed by atoms with Crippen molar-refractivity contribution in [3.8, 4) is 0 Å². The van der Waals surface area contributed by atoms with Crippen molar-refractivity contribution in [3.05, 3.63) is 0 Å². The predicted octanol–water partition coefficient (Wildman–Crippen LogP) is 1.79. The number of rotatable bonds is 2. The fourth-order valence-corrected chi connectivity index (χ4v) is 3.36. The summed E-state index contributed by atoms with van der Waals surface area (Å²) in [6.45, 7) is 0. The standard InChI is InChI=1S/C8H8Cl2O2/c9-7(11)5-3-1-2-4(5)6(3)8(10)12/h3-6H,1-2H2. The molecule has 3 rings (SSSR count). The summed E-state index contributed by atoms with van der Waals surface area (Å²) in [5, 5.41) is -0.590. The molecule has 66 valence electrons. The first-order chi connectivity index (χ1) is 5.63. The van der Waals surface area contributed by atoms with Gasteiger partial charge in [-0.15, -0.1) is 0 Å². The molecule has 0 spiro atoms. The Labute approximate surface area is 80.2 Å². The lowest BCUT2D eigenvalue weighted by molar-refractivity contribution is -0.132. The molecule has 0 aromatic heterocycles. The van der Waals surface area contributed by atoms with Crippen molar-refractivity contribution in [2.24, 2.45) is 23.7 Å². The Kier molecular flexibility index (Phi) is 1.92. The summed E-state index contributed by atoms with van der Waals surface area (Å²) in [4.78, 5) is 21.7. The summed E-state index contributed by atoms with van der Waals surface area (Å²) in [6, 6.07) is 0. The van der Waals surface area contributed by atoms with Gasteiger partial charge in [-0.25, -0.2) is 0 Å². The van der Waals surface area contributed by atoms with Crippen LogP contribution in [0, 0.1) is 23.7 Å². The van der Waals surface area contributed by atoms with Gasteiger partial charge in [0.25, 0.3) is 0 Å². The molecule has 0 aliphatic heterocycles. The van der Waals surface area contributed by atoms with Crippen molar-refractivity contribution in [1.29, 1.82) is 0 Å². The van der Waals surface area contributed by atoms with Crippen molar-refractivity contribution < 1.29 is 9.59 Å².